The quantitative estimate of drug-likeness (QED) is 0.425. The molecule has 2 saturated heterocycles. The summed E-state index contributed by atoms with van der Waals surface area (Å²) in [5.41, 5.74) is 2.87. The van der Waals surface area contributed by atoms with Gasteiger partial charge >= 0.3 is 0 Å². The van der Waals surface area contributed by atoms with Crippen LogP contribution in [0.4, 0.5) is 4.79 Å². The number of hydrogen-bond acceptors (Lipinski definition) is 7. The van der Waals surface area contributed by atoms with Crippen molar-refractivity contribution < 1.29 is 28.6 Å². The molecule has 0 saturated carbocycles. The number of benzene rings is 2. The average Bonchev–Trinajstić information content (AvgIpc) is 3.12. The van der Waals surface area contributed by atoms with E-state index in [0.29, 0.717) is 61.1 Å². The highest BCUT2D eigenvalue weighted by Crippen LogP contribution is 2.39. The summed E-state index contributed by atoms with van der Waals surface area (Å²) in [4.78, 5) is 40.8. The highest BCUT2D eigenvalue weighted by molar-refractivity contribution is 9.10. The summed E-state index contributed by atoms with van der Waals surface area (Å²) in [6.07, 6.45) is 1.63. The van der Waals surface area contributed by atoms with E-state index in [1.54, 1.807) is 23.1 Å². The molecule has 0 atom stereocenters. The van der Waals surface area contributed by atoms with Crippen LogP contribution < -0.4 is 9.47 Å². The van der Waals surface area contributed by atoms with E-state index in [1.165, 1.54) is 5.56 Å². The normalized spacial score (nSPS) is 17.1. The van der Waals surface area contributed by atoms with Gasteiger partial charge in [-0.15, -0.1) is 0 Å². The molecule has 2 heterocycles. The number of carbonyl (C=O) groups excluding carboxylic acids is 3. The maximum atomic E-state index is 12.9. The molecule has 0 aromatic heterocycles. The Hall–Kier alpha value is -2.82. The lowest BCUT2D eigenvalue weighted by Gasteiger charge is -2.28. The number of morpholine rings is 1. The smallest absolute Gasteiger partial charge is 0.294 e. The van der Waals surface area contributed by atoms with Gasteiger partial charge in [-0.3, -0.25) is 19.3 Å². The molecule has 0 N–H and O–H groups in total. The molecule has 190 valence electrons. The Kier molecular flexibility index (Phi) is 8.71. The number of hydrogen-bond donors (Lipinski definition) is 0. The largest absolute Gasteiger partial charge is 0.490 e. The van der Waals surface area contributed by atoms with Gasteiger partial charge in [0.1, 0.15) is 13.2 Å². The van der Waals surface area contributed by atoms with Crippen molar-refractivity contribution in [2.24, 2.45) is 0 Å². The Balaban J connectivity index is 1.50. The van der Waals surface area contributed by atoms with Crippen molar-refractivity contribution in [3.63, 3.8) is 0 Å². The topological polar surface area (TPSA) is 85.4 Å². The van der Waals surface area contributed by atoms with Gasteiger partial charge in [-0.05, 0) is 70.9 Å². The lowest BCUT2D eigenvalue weighted by atomic mass is 10.1. The minimum absolute atomic E-state index is 0.248. The van der Waals surface area contributed by atoms with Gasteiger partial charge in [-0.2, -0.15) is 0 Å². The van der Waals surface area contributed by atoms with Gasteiger partial charge in [0, 0.05) is 13.1 Å². The van der Waals surface area contributed by atoms with Crippen LogP contribution in [0.15, 0.2) is 45.8 Å². The van der Waals surface area contributed by atoms with Crippen molar-refractivity contribution in [1.29, 1.82) is 0 Å². The summed E-state index contributed by atoms with van der Waals surface area (Å²) in [5.74, 6) is 0.324. The van der Waals surface area contributed by atoms with E-state index in [9.17, 15) is 14.4 Å². The second-order valence-electron chi connectivity index (χ2n) is 8.30. The fourth-order valence-electron chi connectivity index (χ4n) is 3.75. The van der Waals surface area contributed by atoms with Crippen molar-refractivity contribution in [3.05, 3.63) is 62.5 Å². The molecule has 0 aliphatic carbocycles. The van der Waals surface area contributed by atoms with Gasteiger partial charge in [0.15, 0.2) is 11.5 Å². The number of aryl methyl sites for hydroxylation is 1. The van der Waals surface area contributed by atoms with Gasteiger partial charge < -0.3 is 19.1 Å². The van der Waals surface area contributed by atoms with Crippen LogP contribution in [0.2, 0.25) is 0 Å². The van der Waals surface area contributed by atoms with E-state index in [1.807, 2.05) is 38.1 Å². The molecule has 0 unspecified atom stereocenters. The summed E-state index contributed by atoms with van der Waals surface area (Å²) in [7, 11) is 0. The molecular weight excluding hydrogens is 548 g/mol. The minimum Gasteiger partial charge on any atom is -0.490 e. The summed E-state index contributed by atoms with van der Waals surface area (Å²) < 4.78 is 17.8. The van der Waals surface area contributed by atoms with Crippen LogP contribution in [0.5, 0.6) is 11.5 Å². The zero-order valence-electron chi connectivity index (χ0n) is 20.1. The molecular formula is C26H27BrN2O6S. The highest BCUT2D eigenvalue weighted by atomic mass is 79.9. The molecule has 10 heteroatoms. The first kappa shape index (κ1) is 26.2. The Morgan fingerprint density at radius 2 is 1.86 bits per heavy atom. The van der Waals surface area contributed by atoms with Crippen LogP contribution in [-0.4, -0.2) is 66.3 Å². The number of nitrogens with zero attached hydrogens (tertiary/aromatic N) is 2. The van der Waals surface area contributed by atoms with Crippen molar-refractivity contribution in [2.45, 2.75) is 20.5 Å². The molecule has 2 aromatic carbocycles. The number of halogens is 1. The summed E-state index contributed by atoms with van der Waals surface area (Å²) >= 11 is 4.37. The molecule has 36 heavy (non-hydrogen) atoms. The molecule has 2 aliphatic heterocycles. The third kappa shape index (κ3) is 6.29. The molecule has 2 aliphatic rings. The zero-order chi connectivity index (χ0) is 25.7. The first-order valence-corrected chi connectivity index (χ1v) is 13.2. The van der Waals surface area contributed by atoms with E-state index >= 15 is 0 Å². The molecule has 3 amide bonds. The van der Waals surface area contributed by atoms with Gasteiger partial charge in [-0.25, -0.2) is 0 Å². The van der Waals surface area contributed by atoms with E-state index in [-0.39, 0.29) is 17.4 Å². The van der Waals surface area contributed by atoms with E-state index in [0.717, 1.165) is 22.2 Å². The lowest BCUT2D eigenvalue weighted by Crippen LogP contribution is -2.46. The first-order valence-electron chi connectivity index (χ1n) is 11.6. The van der Waals surface area contributed by atoms with Gasteiger partial charge in [0.05, 0.1) is 29.2 Å². The van der Waals surface area contributed by atoms with Gasteiger partial charge in [-0.1, -0.05) is 29.8 Å². The van der Waals surface area contributed by atoms with Crippen LogP contribution in [0.25, 0.3) is 6.08 Å². The predicted octanol–water partition coefficient (Wildman–Crippen LogP) is 4.63. The van der Waals surface area contributed by atoms with Crippen molar-refractivity contribution >= 4 is 50.8 Å². The number of carbonyl (C=O) groups is 3. The van der Waals surface area contributed by atoms with Crippen molar-refractivity contribution in [2.75, 3.05) is 39.5 Å². The fraction of sp³-hybridized carbons (Fsp3) is 0.346. The maximum absolute atomic E-state index is 12.9. The van der Waals surface area contributed by atoms with E-state index in [2.05, 4.69) is 15.9 Å². The van der Waals surface area contributed by atoms with Crippen LogP contribution in [0.1, 0.15) is 23.6 Å². The SMILES string of the molecule is CCOc1cc(/C=C2/SC(=O)N(CC(=O)N3CCOCC3)C2=O)cc(Br)c1OCc1ccc(C)cc1. The van der Waals surface area contributed by atoms with Crippen LogP contribution in [0.3, 0.4) is 0 Å². The second kappa shape index (κ2) is 11.9. The first-order chi connectivity index (χ1) is 17.4. The van der Waals surface area contributed by atoms with Crippen molar-refractivity contribution in [3.8, 4) is 11.5 Å². The summed E-state index contributed by atoms with van der Waals surface area (Å²) in [6.45, 7) is 6.25. The predicted molar refractivity (Wildman–Crippen MR) is 141 cm³/mol. The highest BCUT2D eigenvalue weighted by Gasteiger charge is 2.37. The molecule has 0 bridgehead atoms. The van der Waals surface area contributed by atoms with Crippen LogP contribution in [-0.2, 0) is 20.9 Å². The number of ether oxygens (including phenoxy) is 3. The fourth-order valence-corrected chi connectivity index (χ4v) is 5.16. The second-order valence-corrected chi connectivity index (χ2v) is 10.1. The minimum atomic E-state index is -0.486. The van der Waals surface area contributed by atoms with Crippen molar-refractivity contribution in [1.82, 2.24) is 9.80 Å². The Bertz CT molecular complexity index is 1180. The Morgan fingerprint density at radius 3 is 2.56 bits per heavy atom. The standard InChI is InChI=1S/C26H27BrN2O6S/c1-3-34-21-13-19(12-20(27)24(21)35-16-18-6-4-17(2)5-7-18)14-22-25(31)29(26(32)36-22)15-23(30)28-8-10-33-11-9-28/h4-7,12-14H,3,8-11,15-16H2,1-2H3/b22-14+. The number of amides is 3. The van der Waals surface area contributed by atoms with Crippen LogP contribution >= 0.6 is 27.7 Å². The molecule has 2 aromatic rings. The Labute approximate surface area is 222 Å². The average molecular weight is 575 g/mol. The molecule has 4 rings (SSSR count). The number of imide groups is 1. The lowest BCUT2D eigenvalue weighted by molar-refractivity contribution is -0.139. The van der Waals surface area contributed by atoms with Gasteiger partial charge in [0.2, 0.25) is 5.91 Å². The summed E-state index contributed by atoms with van der Waals surface area (Å²) in [5, 5.41) is -0.463. The van der Waals surface area contributed by atoms with Gasteiger partial charge in [0.25, 0.3) is 11.1 Å². The van der Waals surface area contributed by atoms with Crippen LogP contribution in [0, 0.1) is 6.92 Å². The number of rotatable bonds is 8. The molecule has 2 fully saturated rings. The third-order valence-electron chi connectivity index (χ3n) is 5.66. The number of thioether (sulfide) groups is 1. The molecule has 0 radical (unpaired) electrons. The van der Waals surface area contributed by atoms with E-state index in [4.69, 9.17) is 14.2 Å². The Morgan fingerprint density at radius 1 is 1.14 bits per heavy atom. The maximum Gasteiger partial charge on any atom is 0.294 e. The molecule has 8 nitrogen and oxygen atoms in total. The zero-order valence-corrected chi connectivity index (χ0v) is 22.5. The monoisotopic (exact) mass is 574 g/mol. The third-order valence-corrected chi connectivity index (χ3v) is 7.16. The van der Waals surface area contributed by atoms with E-state index < -0.39 is 11.1 Å². The molecule has 0 spiro atoms. The summed E-state index contributed by atoms with van der Waals surface area (Å²) in [6, 6.07) is 11.7.